The molecule has 2 aromatic carbocycles. The molecular formula is C21H25FN2O4S. The van der Waals surface area contributed by atoms with Gasteiger partial charge in [0, 0.05) is 18.8 Å². The van der Waals surface area contributed by atoms with E-state index in [2.05, 4.69) is 5.32 Å². The summed E-state index contributed by atoms with van der Waals surface area (Å²) in [5.74, 6) is -0.953. The molecule has 0 bridgehead atoms. The van der Waals surface area contributed by atoms with Crippen molar-refractivity contribution in [1.29, 1.82) is 0 Å². The number of anilines is 1. The largest absolute Gasteiger partial charge is 0.478 e. The molecule has 0 aromatic heterocycles. The molecule has 0 unspecified atom stereocenters. The Morgan fingerprint density at radius 1 is 1.10 bits per heavy atom. The molecule has 3 rings (SSSR count). The van der Waals surface area contributed by atoms with E-state index in [0.717, 1.165) is 19.3 Å². The van der Waals surface area contributed by atoms with Crippen LogP contribution in [0, 0.1) is 5.82 Å². The number of nitrogens with zero attached hydrogens (tertiary/aromatic N) is 1. The summed E-state index contributed by atoms with van der Waals surface area (Å²) < 4.78 is 46.2. The van der Waals surface area contributed by atoms with Crippen molar-refractivity contribution in [3.05, 3.63) is 54.3 Å². The Morgan fingerprint density at radius 2 is 1.76 bits per heavy atom. The number of hydrogen-bond donors (Lipinski definition) is 1. The Kier molecular flexibility index (Phi) is 6.87. The van der Waals surface area contributed by atoms with E-state index in [-0.39, 0.29) is 10.6 Å². The fourth-order valence-corrected chi connectivity index (χ4v) is 4.72. The molecule has 6 nitrogen and oxygen atoms in total. The Bertz CT molecular complexity index is 941. The van der Waals surface area contributed by atoms with E-state index in [1.54, 1.807) is 31.2 Å². The van der Waals surface area contributed by atoms with Crippen LogP contribution in [0.5, 0.6) is 5.75 Å². The highest BCUT2D eigenvalue weighted by Gasteiger charge is 2.26. The maximum absolute atomic E-state index is 13.8. The molecule has 1 N–H and O–H groups in total. The predicted octanol–water partition coefficient (Wildman–Crippen LogP) is 3.80. The highest BCUT2D eigenvalue weighted by atomic mass is 32.2. The van der Waals surface area contributed by atoms with E-state index in [1.807, 2.05) is 0 Å². The fourth-order valence-electron chi connectivity index (χ4n) is 3.20. The number of sulfonamides is 1. The minimum Gasteiger partial charge on any atom is -0.478 e. The molecule has 1 aliphatic rings. The number of amides is 1. The summed E-state index contributed by atoms with van der Waals surface area (Å²) in [5, 5.41) is 2.70. The number of benzene rings is 2. The smallest absolute Gasteiger partial charge is 0.265 e. The molecule has 1 fully saturated rings. The fraction of sp³-hybridized carbons (Fsp3) is 0.381. The van der Waals surface area contributed by atoms with Crippen LogP contribution < -0.4 is 10.1 Å². The van der Waals surface area contributed by atoms with Crippen LogP contribution in [-0.2, 0) is 14.8 Å². The maximum Gasteiger partial charge on any atom is 0.265 e. The molecule has 0 spiro atoms. The third kappa shape index (κ3) is 5.13. The van der Waals surface area contributed by atoms with Gasteiger partial charge in [-0.25, -0.2) is 12.8 Å². The van der Waals surface area contributed by atoms with Gasteiger partial charge >= 0.3 is 0 Å². The number of halogens is 1. The van der Waals surface area contributed by atoms with Gasteiger partial charge in [0.2, 0.25) is 10.0 Å². The van der Waals surface area contributed by atoms with Gasteiger partial charge in [0.1, 0.15) is 0 Å². The number of ether oxygens (including phenoxy) is 1. The molecule has 1 saturated heterocycles. The zero-order chi connectivity index (χ0) is 20.9. The topological polar surface area (TPSA) is 75.7 Å². The highest BCUT2D eigenvalue weighted by molar-refractivity contribution is 7.89. The second kappa shape index (κ2) is 9.37. The zero-order valence-corrected chi connectivity index (χ0v) is 17.1. The molecule has 156 valence electrons. The lowest BCUT2D eigenvalue weighted by atomic mass is 10.2. The summed E-state index contributed by atoms with van der Waals surface area (Å²) in [5.41, 5.74) is 0.447. The molecule has 0 saturated carbocycles. The number of carbonyl (C=O) groups is 1. The van der Waals surface area contributed by atoms with Crippen molar-refractivity contribution in [2.75, 3.05) is 18.4 Å². The van der Waals surface area contributed by atoms with Crippen molar-refractivity contribution < 1.29 is 22.3 Å². The molecule has 0 aliphatic carbocycles. The summed E-state index contributed by atoms with van der Waals surface area (Å²) in [6.07, 6.45) is 2.26. The minimum absolute atomic E-state index is 0.0115. The number of para-hydroxylation sites is 1. The third-order valence-electron chi connectivity index (χ3n) is 4.84. The number of carbonyl (C=O) groups excluding carboxylic acids is 1. The number of rotatable bonds is 7. The third-order valence-corrected chi connectivity index (χ3v) is 6.76. The second-order valence-corrected chi connectivity index (χ2v) is 8.86. The number of hydrogen-bond acceptors (Lipinski definition) is 4. The second-order valence-electron chi connectivity index (χ2n) is 6.92. The first-order valence-corrected chi connectivity index (χ1v) is 11.2. The SMILES string of the molecule is CC[C@@H](Oc1ccccc1F)C(=O)Nc1ccc(S(=O)(=O)N2CCCCC2)cc1. The molecule has 1 amide bonds. The molecular weight excluding hydrogens is 395 g/mol. The van der Waals surface area contributed by atoms with Crippen molar-refractivity contribution in [3.63, 3.8) is 0 Å². The number of nitrogens with one attached hydrogen (secondary N) is 1. The predicted molar refractivity (Wildman–Crippen MR) is 109 cm³/mol. The van der Waals surface area contributed by atoms with Gasteiger partial charge in [-0.1, -0.05) is 25.5 Å². The van der Waals surface area contributed by atoms with Gasteiger partial charge in [-0.05, 0) is 55.7 Å². The van der Waals surface area contributed by atoms with Gasteiger partial charge in [0.05, 0.1) is 4.90 Å². The van der Waals surface area contributed by atoms with E-state index in [0.29, 0.717) is 25.2 Å². The van der Waals surface area contributed by atoms with E-state index < -0.39 is 27.9 Å². The molecule has 8 heteroatoms. The van der Waals surface area contributed by atoms with Gasteiger partial charge in [0.25, 0.3) is 5.91 Å². The Morgan fingerprint density at radius 3 is 2.38 bits per heavy atom. The van der Waals surface area contributed by atoms with Crippen LogP contribution in [0.4, 0.5) is 10.1 Å². The molecule has 0 radical (unpaired) electrons. The first kappa shape index (κ1) is 21.3. The van der Waals surface area contributed by atoms with Crippen molar-refractivity contribution in [3.8, 4) is 5.75 Å². The quantitative estimate of drug-likeness (QED) is 0.739. The summed E-state index contributed by atoms with van der Waals surface area (Å²) in [6.45, 7) is 2.83. The van der Waals surface area contributed by atoms with Gasteiger partial charge in [0.15, 0.2) is 17.7 Å². The Labute approximate surface area is 170 Å². The monoisotopic (exact) mass is 420 g/mol. The van der Waals surface area contributed by atoms with Crippen LogP contribution in [0.3, 0.4) is 0 Å². The highest BCUT2D eigenvalue weighted by Crippen LogP contribution is 2.23. The van der Waals surface area contributed by atoms with Crippen molar-refractivity contribution in [2.24, 2.45) is 0 Å². The lowest BCUT2D eigenvalue weighted by Crippen LogP contribution is -2.35. The van der Waals surface area contributed by atoms with Crippen LogP contribution in [0.25, 0.3) is 0 Å². The Hall–Kier alpha value is -2.45. The zero-order valence-electron chi connectivity index (χ0n) is 16.3. The van der Waals surface area contributed by atoms with Crippen LogP contribution in [0.2, 0.25) is 0 Å². The van der Waals surface area contributed by atoms with Crippen molar-refractivity contribution in [2.45, 2.75) is 43.6 Å². The Balaban J connectivity index is 1.66. The summed E-state index contributed by atoms with van der Waals surface area (Å²) in [7, 11) is -3.52. The standard InChI is InChI=1S/C21H25FN2O4S/c1-2-19(28-20-9-5-4-8-18(20)22)21(25)23-16-10-12-17(13-11-16)29(26,27)24-14-6-3-7-15-24/h4-5,8-13,19H,2-3,6-7,14-15H2,1H3,(H,23,25)/t19-/m1/s1. The van der Waals surface area contributed by atoms with Gasteiger partial charge < -0.3 is 10.1 Å². The van der Waals surface area contributed by atoms with Crippen LogP contribution >= 0.6 is 0 Å². The lowest BCUT2D eigenvalue weighted by molar-refractivity contribution is -0.122. The van der Waals surface area contributed by atoms with Crippen LogP contribution in [0.15, 0.2) is 53.4 Å². The van der Waals surface area contributed by atoms with E-state index in [1.165, 1.54) is 28.6 Å². The lowest BCUT2D eigenvalue weighted by Gasteiger charge is -2.26. The molecule has 1 aliphatic heterocycles. The van der Waals surface area contributed by atoms with E-state index in [4.69, 9.17) is 4.74 Å². The minimum atomic E-state index is -3.52. The molecule has 1 atom stereocenters. The van der Waals surface area contributed by atoms with Gasteiger partial charge in [-0.2, -0.15) is 4.31 Å². The first-order valence-electron chi connectivity index (χ1n) is 9.74. The van der Waals surface area contributed by atoms with Crippen LogP contribution in [0.1, 0.15) is 32.6 Å². The van der Waals surface area contributed by atoms with E-state index in [9.17, 15) is 17.6 Å². The first-order chi connectivity index (χ1) is 13.9. The van der Waals surface area contributed by atoms with Gasteiger partial charge in [-0.3, -0.25) is 4.79 Å². The average Bonchev–Trinajstić information content (AvgIpc) is 2.74. The van der Waals surface area contributed by atoms with Crippen LogP contribution in [-0.4, -0.2) is 37.8 Å². The average molecular weight is 421 g/mol. The molecule has 2 aromatic rings. The summed E-state index contributed by atoms with van der Waals surface area (Å²) in [6, 6.07) is 12.0. The normalized spacial score (nSPS) is 16.2. The van der Waals surface area contributed by atoms with Crippen molar-refractivity contribution >= 4 is 21.6 Å². The molecule has 29 heavy (non-hydrogen) atoms. The van der Waals surface area contributed by atoms with E-state index >= 15 is 0 Å². The maximum atomic E-state index is 13.8. The molecule has 1 heterocycles. The number of piperidine rings is 1. The summed E-state index contributed by atoms with van der Waals surface area (Å²) in [4.78, 5) is 12.7. The van der Waals surface area contributed by atoms with Crippen molar-refractivity contribution in [1.82, 2.24) is 4.31 Å². The van der Waals surface area contributed by atoms with Gasteiger partial charge in [-0.15, -0.1) is 0 Å². The summed E-state index contributed by atoms with van der Waals surface area (Å²) >= 11 is 0.